The van der Waals surface area contributed by atoms with E-state index in [0.717, 1.165) is 61.3 Å². The minimum atomic E-state index is -0.350. The molecule has 25 rings (SSSR count). The standard InChI is InChI=1S/C116H88N4O2/c121-115-102-70-95(82-44-52-91-89-50-42-79(74-31-15-4-16-32-74)66-109(89)120(111(91)68-82)87-39-23-8-24-40-87)94(81-43-51-90-88-49-41-78(73-29-13-3-14-30-73)65-108(88)119(110(90)67-81)86-37-21-7-22-38-86)69-97(102)92-53-54-93-112-96(80-48-58-107-101(62-80)99-60-76(72-27-11-2-12-28-72)46-56-105(99)118(107)85-35-19-6-20-36-85)63-83(64-103(112)116(122)114(93)113(92)115)77-47-57-106-100(61-77)98-59-75(71-25-9-1-10-26-71)45-55-104(98)117(106)84-33-17-5-18-34-84/h1-52,55-62,65-68,83,92-97,102-103,112-114H,53-54,63-64,69-70H2. The lowest BCUT2D eigenvalue weighted by atomic mass is 9.59. The largest absolute Gasteiger partial charge is 0.309 e. The number of fused-ring (bicyclic) bond motifs is 19. The number of nitrogens with zero attached hydrogens (tertiary/aromatic N) is 4. The van der Waals surface area contributed by atoms with Crippen LogP contribution in [0, 0.1) is 47.3 Å². The average Bonchev–Trinajstić information content (AvgIpc) is 1.53. The van der Waals surface area contributed by atoms with Gasteiger partial charge in [0.05, 0.1) is 44.1 Å². The predicted molar refractivity (Wildman–Crippen MR) is 501 cm³/mol. The van der Waals surface area contributed by atoms with Crippen molar-refractivity contribution in [1.82, 2.24) is 18.3 Å². The lowest BCUT2D eigenvalue weighted by molar-refractivity contribution is -0.135. The van der Waals surface area contributed by atoms with Crippen molar-refractivity contribution < 1.29 is 9.59 Å². The van der Waals surface area contributed by atoms with Gasteiger partial charge in [0.2, 0.25) is 0 Å². The molecule has 584 valence electrons. The molecule has 122 heavy (non-hydrogen) atoms. The number of ketones is 2. The first-order valence-electron chi connectivity index (χ1n) is 44.2. The summed E-state index contributed by atoms with van der Waals surface area (Å²) in [4.78, 5) is 34.2. The molecule has 5 aliphatic carbocycles. The fourth-order valence-electron chi connectivity index (χ4n) is 24.8. The van der Waals surface area contributed by atoms with Gasteiger partial charge in [0.15, 0.2) is 0 Å². The van der Waals surface area contributed by atoms with E-state index in [1.165, 1.54) is 154 Å². The molecule has 0 aliphatic heterocycles. The summed E-state index contributed by atoms with van der Waals surface area (Å²) in [5.41, 5.74) is 28.5. The zero-order valence-corrected chi connectivity index (χ0v) is 67.7. The first-order chi connectivity index (χ1) is 60.3. The second-order valence-corrected chi connectivity index (χ2v) is 35.9. The van der Waals surface area contributed by atoms with Crippen molar-refractivity contribution in [2.45, 2.75) is 62.2 Å². The summed E-state index contributed by atoms with van der Waals surface area (Å²) >= 11 is 0. The number of benzene rings is 16. The lowest BCUT2D eigenvalue weighted by Crippen LogP contribution is -2.39. The van der Waals surface area contributed by atoms with E-state index in [2.05, 4.69) is 407 Å². The molecule has 4 heterocycles. The summed E-state index contributed by atoms with van der Waals surface area (Å²) in [6.07, 6.45) is 5.12. The van der Waals surface area contributed by atoms with Crippen LogP contribution in [0.4, 0.5) is 0 Å². The summed E-state index contributed by atoms with van der Waals surface area (Å²) in [6, 6.07) is 144. The summed E-state index contributed by atoms with van der Waals surface area (Å²) in [5, 5.41) is 9.75. The number of aromatic nitrogens is 4. The number of carbonyl (C=O) groups is 2. The maximum atomic E-state index is 17.2. The Bertz CT molecular complexity index is 7560. The first-order valence-corrected chi connectivity index (χ1v) is 44.2. The molecular formula is C116H88N4O2. The van der Waals surface area contributed by atoms with Crippen molar-refractivity contribution in [1.29, 1.82) is 0 Å². The van der Waals surface area contributed by atoms with Crippen LogP contribution in [0.1, 0.15) is 84.5 Å². The number of hydrogen-bond donors (Lipinski definition) is 0. The minimum absolute atomic E-state index is 0.0122. The molecular weight excluding hydrogens is 1480 g/mol. The van der Waals surface area contributed by atoms with Crippen LogP contribution in [0.5, 0.6) is 0 Å². The third kappa shape index (κ3) is 11.2. The van der Waals surface area contributed by atoms with Gasteiger partial charge in [-0.25, -0.2) is 0 Å². The van der Waals surface area contributed by atoms with Crippen LogP contribution in [0.2, 0.25) is 0 Å². The van der Waals surface area contributed by atoms with Crippen LogP contribution >= 0.6 is 0 Å². The Kier molecular flexibility index (Phi) is 16.5. The molecule has 4 aromatic heterocycles. The topological polar surface area (TPSA) is 53.9 Å². The normalized spacial score (nSPS) is 21.9. The van der Waals surface area contributed by atoms with Crippen molar-refractivity contribution in [3.63, 3.8) is 0 Å². The van der Waals surface area contributed by atoms with Crippen LogP contribution in [-0.2, 0) is 9.59 Å². The van der Waals surface area contributed by atoms with Crippen molar-refractivity contribution in [2.24, 2.45) is 47.3 Å². The van der Waals surface area contributed by atoms with Gasteiger partial charge in [-0.2, -0.15) is 0 Å². The number of Topliss-reactive ketones (excluding diaryl/α,β-unsaturated/α-hetero) is 2. The smallest absolute Gasteiger partial charge is 0.140 e. The van der Waals surface area contributed by atoms with Gasteiger partial charge in [0.25, 0.3) is 0 Å². The molecule has 5 saturated carbocycles. The molecule has 20 aromatic rings. The second-order valence-electron chi connectivity index (χ2n) is 35.9. The number of para-hydroxylation sites is 4. The number of rotatable bonds is 12. The monoisotopic (exact) mass is 1570 g/mol. The SMILES string of the molecule is O=C1C2CC(c3ccc4c5ccc(-c6ccccc6)cc5n(-c5ccccc5)c4c3)C(c3ccc4c5ccc(-c6ccccc6)cc5n(-c5ccccc5)c4c3)CC2C2CCC3C(C(=O)C4CC(c5ccc6c(c5)c5cc(-c7ccccc7)ccc5n6-c5ccccc5)CC(c5ccc6c(c5)c5cc(-c7ccccc7)ccc5n6-c5ccccc5)C43)C12. The summed E-state index contributed by atoms with van der Waals surface area (Å²) in [6.45, 7) is 0. The van der Waals surface area contributed by atoms with Crippen molar-refractivity contribution in [2.75, 3.05) is 0 Å². The van der Waals surface area contributed by atoms with Crippen LogP contribution < -0.4 is 0 Å². The molecule has 5 aliphatic rings. The minimum Gasteiger partial charge on any atom is -0.309 e. The maximum Gasteiger partial charge on any atom is 0.140 e. The van der Waals surface area contributed by atoms with Gasteiger partial charge in [0.1, 0.15) is 11.6 Å². The number of hydrogen-bond acceptors (Lipinski definition) is 2. The number of carbonyl (C=O) groups excluding carboxylic acids is 2. The Morgan fingerprint density at radius 2 is 0.500 bits per heavy atom. The average molecular weight is 1570 g/mol. The quantitative estimate of drug-likeness (QED) is 0.122. The van der Waals surface area contributed by atoms with Crippen LogP contribution in [-0.4, -0.2) is 29.8 Å². The van der Waals surface area contributed by atoms with Gasteiger partial charge in [-0.15, -0.1) is 0 Å². The van der Waals surface area contributed by atoms with E-state index >= 15 is 9.59 Å². The van der Waals surface area contributed by atoms with E-state index < -0.39 is 0 Å². The highest BCUT2D eigenvalue weighted by Crippen LogP contribution is 2.68. The van der Waals surface area contributed by atoms with E-state index in [1.54, 1.807) is 0 Å². The molecule has 0 radical (unpaired) electrons. The molecule has 6 heteroatoms. The Hall–Kier alpha value is -13.9. The van der Waals surface area contributed by atoms with E-state index in [0.29, 0.717) is 11.6 Å². The van der Waals surface area contributed by atoms with E-state index in [9.17, 15) is 0 Å². The van der Waals surface area contributed by atoms with Crippen molar-refractivity contribution >= 4 is 98.8 Å². The van der Waals surface area contributed by atoms with E-state index in [1.807, 2.05) is 0 Å². The van der Waals surface area contributed by atoms with Crippen LogP contribution in [0.15, 0.2) is 388 Å². The molecule has 0 amide bonds. The van der Waals surface area contributed by atoms with Gasteiger partial charge in [-0.1, -0.05) is 267 Å². The fraction of sp³-hybridized carbons (Fsp3) is 0.155. The van der Waals surface area contributed by atoms with E-state index in [-0.39, 0.29) is 71.0 Å². The summed E-state index contributed by atoms with van der Waals surface area (Å²) in [7, 11) is 0. The third-order valence-electron chi connectivity index (χ3n) is 30.0. The Morgan fingerprint density at radius 1 is 0.197 bits per heavy atom. The van der Waals surface area contributed by atoms with Crippen LogP contribution in [0.3, 0.4) is 0 Å². The molecule has 5 fully saturated rings. The summed E-state index contributed by atoms with van der Waals surface area (Å²) in [5.74, 6) is 0.120. The zero-order chi connectivity index (χ0) is 80.4. The van der Waals surface area contributed by atoms with Crippen molar-refractivity contribution in [3.05, 3.63) is 411 Å². The molecule has 16 aromatic carbocycles. The first kappa shape index (κ1) is 71.0. The van der Waals surface area contributed by atoms with Gasteiger partial charge < -0.3 is 18.3 Å². The van der Waals surface area contributed by atoms with Gasteiger partial charge in [-0.3, -0.25) is 9.59 Å². The highest BCUT2D eigenvalue weighted by molar-refractivity contribution is 6.14. The maximum absolute atomic E-state index is 17.2. The van der Waals surface area contributed by atoms with Crippen molar-refractivity contribution in [3.8, 4) is 67.3 Å². The second kappa shape index (κ2) is 28.4. The predicted octanol–water partition coefficient (Wildman–Crippen LogP) is 28.7. The molecule has 12 atom stereocenters. The summed E-state index contributed by atoms with van der Waals surface area (Å²) < 4.78 is 9.88. The third-order valence-corrected chi connectivity index (χ3v) is 30.0. The highest BCUT2D eigenvalue weighted by Gasteiger charge is 2.66. The zero-order valence-electron chi connectivity index (χ0n) is 67.7. The lowest BCUT2D eigenvalue weighted by Gasteiger charge is -2.44. The molecule has 6 nitrogen and oxygen atoms in total. The Labute approximate surface area is 709 Å². The highest BCUT2D eigenvalue weighted by atomic mass is 16.1. The molecule has 0 saturated heterocycles. The van der Waals surface area contributed by atoms with Gasteiger partial charge >= 0.3 is 0 Å². The Balaban J connectivity index is 0.641. The molecule has 0 spiro atoms. The Morgan fingerprint density at radius 3 is 0.943 bits per heavy atom. The van der Waals surface area contributed by atoms with Gasteiger partial charge in [0, 0.05) is 89.5 Å². The van der Waals surface area contributed by atoms with E-state index in [4.69, 9.17) is 0 Å². The molecule has 12 unspecified atom stereocenters. The fourth-order valence-corrected chi connectivity index (χ4v) is 24.8. The molecule has 0 bridgehead atoms. The molecule has 0 N–H and O–H groups in total. The van der Waals surface area contributed by atoms with Gasteiger partial charge in [-0.05, 0) is 274 Å². The van der Waals surface area contributed by atoms with Crippen LogP contribution in [0.25, 0.3) is 154 Å².